The van der Waals surface area contributed by atoms with Crippen molar-refractivity contribution in [2.75, 3.05) is 44.2 Å². The number of nitrogens with zero attached hydrogens (tertiary/aromatic N) is 4. The number of pyridine rings is 1. The molecule has 1 fully saturated rings. The lowest BCUT2D eigenvalue weighted by Gasteiger charge is -2.34. The van der Waals surface area contributed by atoms with E-state index in [1.54, 1.807) is 42.6 Å². The van der Waals surface area contributed by atoms with Gasteiger partial charge in [-0.05, 0) is 35.9 Å². The molecule has 1 aromatic heterocycles. The van der Waals surface area contributed by atoms with E-state index in [1.165, 1.54) is 4.31 Å². The van der Waals surface area contributed by atoms with E-state index in [1.807, 2.05) is 36.9 Å². The number of amides is 1. The van der Waals surface area contributed by atoms with Gasteiger partial charge in [0.25, 0.3) is 0 Å². The number of carbonyl (C=O) groups is 1. The van der Waals surface area contributed by atoms with Gasteiger partial charge in [0.05, 0.1) is 4.90 Å². The van der Waals surface area contributed by atoms with Crippen LogP contribution < -0.4 is 4.90 Å². The molecule has 0 atom stereocenters. The Hall–Kier alpha value is -2.71. The Bertz CT molecular complexity index is 963. The van der Waals surface area contributed by atoms with Crippen LogP contribution in [0.4, 0.5) is 5.82 Å². The van der Waals surface area contributed by atoms with Crippen LogP contribution in [-0.4, -0.2) is 67.8 Å². The van der Waals surface area contributed by atoms with Gasteiger partial charge in [-0.15, -0.1) is 0 Å². The number of sulfonamides is 1. The quantitative estimate of drug-likeness (QED) is 0.634. The van der Waals surface area contributed by atoms with E-state index in [-0.39, 0.29) is 10.8 Å². The van der Waals surface area contributed by atoms with E-state index >= 15 is 0 Å². The molecule has 2 heterocycles. The van der Waals surface area contributed by atoms with Gasteiger partial charge >= 0.3 is 0 Å². The molecular formula is C22H28N4O3S. The van der Waals surface area contributed by atoms with Crippen molar-refractivity contribution in [1.29, 1.82) is 0 Å². The minimum atomic E-state index is -3.47. The van der Waals surface area contributed by atoms with Crippen LogP contribution in [0.5, 0.6) is 0 Å². The van der Waals surface area contributed by atoms with Crippen LogP contribution in [-0.2, 0) is 14.8 Å². The molecule has 7 nitrogen and oxygen atoms in total. The molecule has 3 rings (SSSR count). The van der Waals surface area contributed by atoms with E-state index in [0.29, 0.717) is 26.2 Å². The number of rotatable bonds is 7. The lowest BCUT2D eigenvalue weighted by atomic mass is 10.2. The first-order chi connectivity index (χ1) is 14.5. The highest BCUT2D eigenvalue weighted by molar-refractivity contribution is 7.89. The molecule has 1 aliphatic heterocycles. The van der Waals surface area contributed by atoms with Crippen molar-refractivity contribution in [3.8, 4) is 0 Å². The van der Waals surface area contributed by atoms with Gasteiger partial charge in [-0.1, -0.05) is 32.0 Å². The molecule has 1 aromatic carbocycles. The maximum absolute atomic E-state index is 12.5. The maximum Gasteiger partial charge on any atom is 0.246 e. The molecule has 0 spiro atoms. The third-order valence-electron chi connectivity index (χ3n) is 5.21. The van der Waals surface area contributed by atoms with Crippen LogP contribution in [0.2, 0.25) is 0 Å². The molecule has 0 saturated carbocycles. The molecule has 2 aromatic rings. The van der Waals surface area contributed by atoms with Gasteiger partial charge < -0.3 is 9.80 Å². The van der Waals surface area contributed by atoms with Crippen molar-refractivity contribution >= 4 is 27.8 Å². The second-order valence-electron chi connectivity index (χ2n) is 6.99. The Labute approximate surface area is 178 Å². The molecule has 8 heteroatoms. The van der Waals surface area contributed by atoms with Crippen molar-refractivity contribution in [2.45, 2.75) is 18.7 Å². The zero-order chi connectivity index (χ0) is 21.6. The van der Waals surface area contributed by atoms with Crippen LogP contribution in [0.25, 0.3) is 6.08 Å². The first kappa shape index (κ1) is 22.0. The van der Waals surface area contributed by atoms with Gasteiger partial charge in [-0.3, -0.25) is 4.79 Å². The van der Waals surface area contributed by atoms with E-state index in [9.17, 15) is 13.2 Å². The predicted molar refractivity (Wildman–Crippen MR) is 119 cm³/mol. The summed E-state index contributed by atoms with van der Waals surface area (Å²) >= 11 is 0. The largest absolute Gasteiger partial charge is 0.353 e. The molecule has 0 unspecified atom stereocenters. The average molecular weight is 429 g/mol. The first-order valence-electron chi connectivity index (χ1n) is 10.2. The van der Waals surface area contributed by atoms with Crippen molar-refractivity contribution in [3.63, 3.8) is 0 Å². The molecule has 0 bridgehead atoms. The van der Waals surface area contributed by atoms with Gasteiger partial charge in [0.15, 0.2) is 0 Å². The standard InChI is InChI=1S/C22H28N4O3S/c1-3-26(4-2)30(28,29)20-11-8-19(9-12-20)10-13-22(27)25-17-15-24(16-18-25)21-7-5-6-14-23-21/h5-14H,3-4,15-18H2,1-2H3/b13-10+. The molecule has 1 amide bonds. The van der Waals surface area contributed by atoms with Crippen LogP contribution in [0.15, 0.2) is 59.6 Å². The number of benzene rings is 1. The number of hydrogen-bond donors (Lipinski definition) is 0. The number of carbonyl (C=O) groups excluding carboxylic acids is 1. The van der Waals surface area contributed by atoms with Crippen LogP contribution in [0.1, 0.15) is 19.4 Å². The second-order valence-corrected chi connectivity index (χ2v) is 8.93. The van der Waals surface area contributed by atoms with E-state index in [2.05, 4.69) is 9.88 Å². The topological polar surface area (TPSA) is 73.8 Å². The lowest BCUT2D eigenvalue weighted by Crippen LogP contribution is -2.48. The number of anilines is 1. The molecule has 0 N–H and O–H groups in total. The Balaban J connectivity index is 1.58. The van der Waals surface area contributed by atoms with Gasteiger partial charge in [0.1, 0.15) is 5.82 Å². The molecule has 1 aliphatic rings. The van der Waals surface area contributed by atoms with Crippen LogP contribution in [0, 0.1) is 0 Å². The predicted octanol–water partition coefficient (Wildman–Crippen LogP) is 2.47. The summed E-state index contributed by atoms with van der Waals surface area (Å²) in [7, 11) is -3.47. The number of piperazine rings is 1. The summed E-state index contributed by atoms with van der Waals surface area (Å²) < 4.78 is 26.5. The van der Waals surface area contributed by atoms with Gasteiger partial charge in [-0.25, -0.2) is 13.4 Å². The molecule has 160 valence electrons. The summed E-state index contributed by atoms with van der Waals surface area (Å²) in [6.07, 6.45) is 5.04. The lowest BCUT2D eigenvalue weighted by molar-refractivity contribution is -0.126. The van der Waals surface area contributed by atoms with Gasteiger partial charge in [0, 0.05) is 51.5 Å². The van der Waals surface area contributed by atoms with Gasteiger partial charge in [-0.2, -0.15) is 4.31 Å². The average Bonchev–Trinajstić information content (AvgIpc) is 2.79. The summed E-state index contributed by atoms with van der Waals surface area (Å²) in [6, 6.07) is 12.4. The fourth-order valence-electron chi connectivity index (χ4n) is 3.43. The molecule has 30 heavy (non-hydrogen) atoms. The SMILES string of the molecule is CCN(CC)S(=O)(=O)c1ccc(/C=C/C(=O)N2CCN(c3ccccn3)CC2)cc1. The number of aromatic nitrogens is 1. The molecule has 0 radical (unpaired) electrons. The summed E-state index contributed by atoms with van der Waals surface area (Å²) in [5.41, 5.74) is 0.786. The Morgan fingerprint density at radius 3 is 2.27 bits per heavy atom. The Morgan fingerprint density at radius 2 is 1.70 bits per heavy atom. The first-order valence-corrected chi connectivity index (χ1v) is 11.6. The minimum absolute atomic E-state index is 0.0458. The Kier molecular flexibility index (Phi) is 7.23. The van der Waals surface area contributed by atoms with E-state index < -0.39 is 10.0 Å². The maximum atomic E-state index is 12.5. The van der Waals surface area contributed by atoms with Crippen molar-refractivity contribution in [2.24, 2.45) is 0 Å². The summed E-state index contributed by atoms with van der Waals surface area (Å²) in [4.78, 5) is 21.1. The normalized spacial score (nSPS) is 15.2. The van der Waals surface area contributed by atoms with Gasteiger partial charge in [0.2, 0.25) is 15.9 Å². The van der Waals surface area contributed by atoms with Crippen LogP contribution in [0.3, 0.4) is 0 Å². The van der Waals surface area contributed by atoms with Crippen molar-refractivity contribution in [3.05, 3.63) is 60.3 Å². The molecule has 0 aliphatic carbocycles. The highest BCUT2D eigenvalue weighted by Crippen LogP contribution is 2.17. The summed E-state index contributed by atoms with van der Waals surface area (Å²) in [6.45, 7) is 7.27. The zero-order valence-corrected chi connectivity index (χ0v) is 18.3. The highest BCUT2D eigenvalue weighted by atomic mass is 32.2. The smallest absolute Gasteiger partial charge is 0.246 e. The third-order valence-corrected chi connectivity index (χ3v) is 7.27. The van der Waals surface area contributed by atoms with Crippen molar-refractivity contribution < 1.29 is 13.2 Å². The highest BCUT2D eigenvalue weighted by Gasteiger charge is 2.22. The van der Waals surface area contributed by atoms with Crippen LogP contribution >= 0.6 is 0 Å². The molecular weight excluding hydrogens is 400 g/mol. The fraction of sp³-hybridized carbons (Fsp3) is 0.364. The Morgan fingerprint density at radius 1 is 1.03 bits per heavy atom. The monoisotopic (exact) mass is 428 g/mol. The van der Waals surface area contributed by atoms with E-state index in [4.69, 9.17) is 0 Å². The summed E-state index contributed by atoms with van der Waals surface area (Å²) in [5.74, 6) is 0.885. The second kappa shape index (κ2) is 9.86. The third kappa shape index (κ3) is 5.06. The molecule has 1 saturated heterocycles. The fourth-order valence-corrected chi connectivity index (χ4v) is 4.89. The van der Waals surface area contributed by atoms with Crippen molar-refractivity contribution in [1.82, 2.24) is 14.2 Å². The summed E-state index contributed by atoms with van der Waals surface area (Å²) in [5, 5.41) is 0. The minimum Gasteiger partial charge on any atom is -0.353 e. The zero-order valence-electron chi connectivity index (χ0n) is 17.4. The number of hydrogen-bond acceptors (Lipinski definition) is 5. The van der Waals surface area contributed by atoms with E-state index in [0.717, 1.165) is 24.5 Å².